The molecule has 1 aliphatic rings. The summed E-state index contributed by atoms with van der Waals surface area (Å²) in [4.78, 5) is 12.2. The highest BCUT2D eigenvalue weighted by molar-refractivity contribution is 7.89. The van der Waals surface area contributed by atoms with Gasteiger partial charge < -0.3 is 10.0 Å². The predicted molar refractivity (Wildman–Crippen MR) is 90.6 cm³/mol. The molecule has 1 atom stereocenters. The number of aliphatic hydroxyl groups is 1. The summed E-state index contributed by atoms with van der Waals surface area (Å²) in [5.41, 5.74) is -0.00269. The molecule has 1 aliphatic heterocycles. The second-order valence-corrected chi connectivity index (χ2v) is 8.10. The maximum Gasteiger partial charge on any atom is 0.293 e. The summed E-state index contributed by atoms with van der Waals surface area (Å²) in [6.07, 6.45) is 1.77. The monoisotopic (exact) mass is 357 g/mol. The number of rotatable bonds is 6. The van der Waals surface area contributed by atoms with Crippen LogP contribution < -0.4 is 4.90 Å². The van der Waals surface area contributed by atoms with E-state index in [1.807, 2.05) is 6.92 Å². The Hall–Kier alpha value is -1.71. The first-order valence-corrected chi connectivity index (χ1v) is 9.32. The van der Waals surface area contributed by atoms with Gasteiger partial charge in [-0.3, -0.25) is 10.1 Å². The molecule has 1 aromatic rings. The third-order valence-corrected chi connectivity index (χ3v) is 6.11. The Morgan fingerprint density at radius 1 is 1.46 bits per heavy atom. The quantitative estimate of drug-likeness (QED) is 0.610. The number of sulfonamides is 1. The van der Waals surface area contributed by atoms with E-state index < -0.39 is 14.9 Å². The Kier molecular flexibility index (Phi) is 5.79. The van der Waals surface area contributed by atoms with Crippen LogP contribution in [0, 0.1) is 16.0 Å². The number of nitro benzene ring substituents is 1. The minimum Gasteiger partial charge on any atom is -0.395 e. The minimum absolute atomic E-state index is 0.0653. The molecule has 24 heavy (non-hydrogen) atoms. The Bertz CT molecular complexity index is 707. The molecule has 8 nitrogen and oxygen atoms in total. The second kappa shape index (κ2) is 7.45. The standard InChI is InChI=1S/C15H23N3O5S/c1-12-4-3-7-17(11-12)24(22,23)13-5-6-14(16(2)8-9-19)15(10-13)18(20)21/h5-6,10,12,19H,3-4,7-9,11H2,1-2H3/t12-/m0/s1. The first kappa shape index (κ1) is 18.6. The van der Waals surface area contributed by atoms with Crippen LogP contribution in [-0.2, 0) is 10.0 Å². The molecule has 1 fully saturated rings. The molecular weight excluding hydrogens is 334 g/mol. The Morgan fingerprint density at radius 2 is 2.17 bits per heavy atom. The highest BCUT2D eigenvalue weighted by Gasteiger charge is 2.31. The van der Waals surface area contributed by atoms with E-state index in [2.05, 4.69) is 0 Å². The Morgan fingerprint density at radius 3 is 2.75 bits per heavy atom. The van der Waals surface area contributed by atoms with Crippen molar-refractivity contribution < 1.29 is 18.4 Å². The number of nitro groups is 1. The van der Waals surface area contributed by atoms with Crippen molar-refractivity contribution >= 4 is 21.4 Å². The van der Waals surface area contributed by atoms with E-state index >= 15 is 0 Å². The smallest absolute Gasteiger partial charge is 0.293 e. The zero-order chi connectivity index (χ0) is 17.9. The maximum atomic E-state index is 12.8. The molecule has 0 aromatic heterocycles. The van der Waals surface area contributed by atoms with Crippen LogP contribution in [0.1, 0.15) is 19.8 Å². The van der Waals surface area contributed by atoms with E-state index in [0.717, 1.165) is 18.9 Å². The molecule has 0 unspecified atom stereocenters. The summed E-state index contributed by atoms with van der Waals surface area (Å²) < 4.78 is 26.9. The van der Waals surface area contributed by atoms with E-state index in [0.29, 0.717) is 13.1 Å². The number of aliphatic hydroxyl groups excluding tert-OH is 1. The normalized spacial score (nSPS) is 19.2. The van der Waals surface area contributed by atoms with Crippen LogP contribution in [0.3, 0.4) is 0 Å². The molecule has 0 spiro atoms. The number of benzene rings is 1. The molecule has 0 aliphatic carbocycles. The first-order valence-electron chi connectivity index (χ1n) is 7.88. The van der Waals surface area contributed by atoms with E-state index in [9.17, 15) is 18.5 Å². The highest BCUT2D eigenvalue weighted by atomic mass is 32.2. The molecular formula is C15H23N3O5S. The van der Waals surface area contributed by atoms with Gasteiger partial charge in [-0.15, -0.1) is 0 Å². The maximum absolute atomic E-state index is 12.8. The van der Waals surface area contributed by atoms with Crippen LogP contribution in [0.25, 0.3) is 0 Å². The minimum atomic E-state index is -3.74. The molecule has 1 aromatic carbocycles. The van der Waals surface area contributed by atoms with Gasteiger partial charge in [-0.2, -0.15) is 4.31 Å². The van der Waals surface area contributed by atoms with Crippen molar-refractivity contribution in [1.82, 2.24) is 4.31 Å². The van der Waals surface area contributed by atoms with Crippen LogP contribution >= 0.6 is 0 Å². The van der Waals surface area contributed by atoms with Crippen LogP contribution in [0.4, 0.5) is 11.4 Å². The number of anilines is 1. The molecule has 9 heteroatoms. The van der Waals surface area contributed by atoms with Gasteiger partial charge in [-0.1, -0.05) is 6.92 Å². The van der Waals surface area contributed by atoms with Crippen molar-refractivity contribution in [3.63, 3.8) is 0 Å². The molecule has 0 radical (unpaired) electrons. The Balaban J connectivity index is 2.40. The van der Waals surface area contributed by atoms with Gasteiger partial charge in [0.15, 0.2) is 0 Å². The van der Waals surface area contributed by atoms with Crippen molar-refractivity contribution in [2.75, 3.05) is 38.2 Å². The lowest BCUT2D eigenvalue weighted by molar-refractivity contribution is -0.384. The highest BCUT2D eigenvalue weighted by Crippen LogP contribution is 2.32. The van der Waals surface area contributed by atoms with Crippen molar-refractivity contribution in [2.45, 2.75) is 24.7 Å². The molecule has 0 bridgehead atoms. The van der Waals surface area contributed by atoms with E-state index in [-0.39, 0.29) is 35.3 Å². The van der Waals surface area contributed by atoms with Gasteiger partial charge in [-0.25, -0.2) is 8.42 Å². The number of hydrogen-bond acceptors (Lipinski definition) is 6. The average Bonchev–Trinajstić information content (AvgIpc) is 2.54. The number of hydrogen-bond donors (Lipinski definition) is 1. The summed E-state index contributed by atoms with van der Waals surface area (Å²) in [5.74, 6) is 0.276. The fraction of sp³-hybridized carbons (Fsp3) is 0.600. The van der Waals surface area contributed by atoms with Gasteiger partial charge in [0.25, 0.3) is 5.69 Å². The molecule has 134 valence electrons. The summed E-state index contributed by atoms with van der Waals surface area (Å²) in [7, 11) is -2.13. The van der Waals surface area contributed by atoms with Crippen LogP contribution in [0.2, 0.25) is 0 Å². The van der Waals surface area contributed by atoms with Gasteiger partial charge in [0.05, 0.1) is 16.4 Å². The molecule has 0 saturated carbocycles. The van der Waals surface area contributed by atoms with Gasteiger partial charge in [0.1, 0.15) is 5.69 Å². The SMILES string of the molecule is C[C@H]1CCCN(S(=O)(=O)c2ccc(N(C)CCO)c([N+](=O)[O-])c2)C1. The van der Waals surface area contributed by atoms with Gasteiger partial charge in [-0.05, 0) is 30.9 Å². The fourth-order valence-corrected chi connectivity index (χ4v) is 4.54. The third-order valence-electron chi connectivity index (χ3n) is 4.25. The second-order valence-electron chi connectivity index (χ2n) is 6.16. The third kappa shape index (κ3) is 3.85. The number of nitrogens with zero attached hydrogens (tertiary/aromatic N) is 3. The first-order chi connectivity index (χ1) is 11.3. The lowest BCUT2D eigenvalue weighted by atomic mass is 10.0. The lowest BCUT2D eigenvalue weighted by Crippen LogP contribution is -2.39. The molecule has 1 saturated heterocycles. The molecule has 1 heterocycles. The fourth-order valence-electron chi connectivity index (χ4n) is 2.92. The Labute approximate surface area is 141 Å². The lowest BCUT2D eigenvalue weighted by Gasteiger charge is -2.30. The topological polar surface area (TPSA) is 104 Å². The van der Waals surface area contributed by atoms with Crippen LogP contribution in [0.15, 0.2) is 23.1 Å². The van der Waals surface area contributed by atoms with Crippen LogP contribution in [-0.4, -0.2) is 56.0 Å². The summed E-state index contributed by atoms with van der Waals surface area (Å²) in [6, 6.07) is 3.93. The number of piperidine rings is 1. The van der Waals surface area contributed by atoms with Crippen molar-refractivity contribution in [2.24, 2.45) is 5.92 Å². The van der Waals surface area contributed by atoms with Gasteiger partial charge in [0.2, 0.25) is 10.0 Å². The van der Waals surface area contributed by atoms with E-state index in [1.165, 1.54) is 21.3 Å². The largest absolute Gasteiger partial charge is 0.395 e. The molecule has 1 N–H and O–H groups in total. The average molecular weight is 357 g/mol. The molecule has 2 rings (SSSR count). The van der Waals surface area contributed by atoms with Gasteiger partial charge in [0, 0.05) is 32.7 Å². The van der Waals surface area contributed by atoms with Crippen molar-refractivity contribution in [3.05, 3.63) is 28.3 Å². The van der Waals surface area contributed by atoms with E-state index in [4.69, 9.17) is 5.11 Å². The summed E-state index contributed by atoms with van der Waals surface area (Å²) in [6.45, 7) is 2.93. The van der Waals surface area contributed by atoms with Gasteiger partial charge >= 0.3 is 0 Å². The van der Waals surface area contributed by atoms with E-state index in [1.54, 1.807) is 7.05 Å². The van der Waals surface area contributed by atoms with Crippen molar-refractivity contribution in [3.8, 4) is 0 Å². The molecule has 0 amide bonds. The zero-order valence-corrected chi connectivity index (χ0v) is 14.7. The zero-order valence-electron chi connectivity index (χ0n) is 13.9. The number of likely N-dealkylation sites (N-methyl/N-ethyl adjacent to an activating group) is 1. The summed E-state index contributed by atoms with van der Waals surface area (Å²) >= 11 is 0. The summed E-state index contributed by atoms with van der Waals surface area (Å²) in [5, 5.41) is 20.3. The van der Waals surface area contributed by atoms with Crippen molar-refractivity contribution in [1.29, 1.82) is 0 Å². The predicted octanol–water partition coefficient (Wildman–Crippen LogP) is 1.44. The van der Waals surface area contributed by atoms with Crippen LogP contribution in [0.5, 0.6) is 0 Å².